The van der Waals surface area contributed by atoms with Crippen molar-refractivity contribution in [2.75, 3.05) is 32.7 Å². The third-order valence-electron chi connectivity index (χ3n) is 12.2. The van der Waals surface area contributed by atoms with Gasteiger partial charge < -0.3 is 10.0 Å². The zero-order valence-corrected chi connectivity index (χ0v) is 24.1. The molecule has 7 atom stereocenters. The highest BCUT2D eigenvalue weighted by atomic mass is 16.3. The maximum atomic E-state index is 13.1. The summed E-state index contributed by atoms with van der Waals surface area (Å²) in [5.41, 5.74) is 0.688. The Labute approximate surface area is 233 Å². The zero-order chi connectivity index (χ0) is 27.6. The highest BCUT2D eigenvalue weighted by Crippen LogP contribution is 2.66. The molecule has 1 aromatic rings. The number of rotatable bonds is 4. The van der Waals surface area contributed by atoms with Crippen LogP contribution >= 0.6 is 0 Å². The molecule has 0 radical (unpaired) electrons. The van der Waals surface area contributed by atoms with E-state index in [1.165, 1.54) is 26.2 Å². The van der Waals surface area contributed by atoms with Crippen molar-refractivity contribution in [2.45, 2.75) is 84.2 Å². The maximum absolute atomic E-state index is 13.1. The minimum absolute atomic E-state index is 0.0193. The lowest BCUT2D eigenvalue weighted by Crippen LogP contribution is -2.59. The molecule has 0 bridgehead atoms. The van der Waals surface area contributed by atoms with Crippen molar-refractivity contribution < 1.29 is 19.5 Å². The average molecular weight is 535 g/mol. The van der Waals surface area contributed by atoms with Crippen LogP contribution in [-0.2, 0) is 4.79 Å². The van der Waals surface area contributed by atoms with Crippen LogP contribution in [0.4, 0.5) is 0 Å². The number of benzene rings is 1. The van der Waals surface area contributed by atoms with Gasteiger partial charge in [0.25, 0.3) is 5.91 Å². The summed E-state index contributed by atoms with van der Waals surface area (Å²) in [5, 5.41) is 11.8. The normalized spacial score (nSPS) is 40.5. The summed E-state index contributed by atoms with van der Waals surface area (Å²) in [7, 11) is 0. The maximum Gasteiger partial charge on any atom is 0.253 e. The molecular formula is C33H46N2O4. The van der Waals surface area contributed by atoms with E-state index in [0.717, 1.165) is 51.6 Å². The minimum Gasteiger partial charge on any atom is -0.389 e. The topological polar surface area (TPSA) is 77.9 Å². The van der Waals surface area contributed by atoms with Crippen molar-refractivity contribution in [3.05, 3.63) is 35.4 Å². The van der Waals surface area contributed by atoms with Gasteiger partial charge in [0.2, 0.25) is 0 Å². The molecule has 6 heteroatoms. The number of hydrogen-bond acceptors (Lipinski definition) is 5. The standard InChI is InChI=1S/C33H46N2O4/c1-22(36)23-5-4-6-24(19-23)30(38)35-17-15-34(16-18-35)21-33(39)14-13-31(2)25(20-33)7-8-26-27-9-10-29(37)32(27,3)12-11-28(26)31/h4-6,19,25-28,39H,7-18,20-21H2,1-3H3/t25-,26-,27-,28-,31-,32-,33+/m0/s1. The second-order valence-electron chi connectivity index (χ2n) is 14.2. The molecule has 39 heavy (non-hydrogen) atoms. The predicted octanol–water partition coefficient (Wildman–Crippen LogP) is 4.99. The van der Waals surface area contributed by atoms with Gasteiger partial charge in [-0.1, -0.05) is 26.0 Å². The number of fused-ring (bicyclic) bond motifs is 5. The average Bonchev–Trinajstić information content (AvgIpc) is 3.23. The van der Waals surface area contributed by atoms with E-state index in [1.807, 2.05) is 4.90 Å². The monoisotopic (exact) mass is 534 g/mol. The van der Waals surface area contributed by atoms with E-state index >= 15 is 0 Å². The molecule has 5 fully saturated rings. The number of carbonyl (C=O) groups is 3. The lowest BCUT2D eigenvalue weighted by atomic mass is 9.44. The van der Waals surface area contributed by atoms with Crippen molar-refractivity contribution >= 4 is 17.5 Å². The van der Waals surface area contributed by atoms with E-state index in [9.17, 15) is 19.5 Å². The number of nitrogens with zero attached hydrogens (tertiary/aromatic N) is 2. The van der Waals surface area contributed by atoms with Gasteiger partial charge in [-0.2, -0.15) is 0 Å². The quantitative estimate of drug-likeness (QED) is 0.551. The van der Waals surface area contributed by atoms with Gasteiger partial charge in [0.05, 0.1) is 5.60 Å². The fourth-order valence-electron chi connectivity index (χ4n) is 9.82. The molecule has 0 unspecified atom stereocenters. The Balaban J connectivity index is 1.06. The predicted molar refractivity (Wildman–Crippen MR) is 150 cm³/mol. The van der Waals surface area contributed by atoms with Crippen LogP contribution in [0.1, 0.15) is 99.3 Å². The number of Topliss-reactive ketones (excluding diaryl/α,β-unsaturated/α-hetero) is 2. The Morgan fingerprint density at radius 2 is 1.69 bits per heavy atom. The minimum atomic E-state index is -0.661. The first kappa shape index (κ1) is 27.1. The number of β-amino-alcohol motifs (C(OH)–C–C–N with tert-alkyl or cyclic N) is 1. The Hall–Kier alpha value is -2.05. The molecule has 6 nitrogen and oxygen atoms in total. The Morgan fingerprint density at radius 3 is 2.44 bits per heavy atom. The number of aliphatic hydroxyl groups is 1. The van der Waals surface area contributed by atoms with Gasteiger partial charge >= 0.3 is 0 Å². The van der Waals surface area contributed by atoms with Crippen molar-refractivity contribution in [3.8, 4) is 0 Å². The number of hydrogen-bond donors (Lipinski definition) is 1. The second kappa shape index (κ2) is 9.80. The van der Waals surface area contributed by atoms with Gasteiger partial charge in [0, 0.05) is 55.7 Å². The first-order chi connectivity index (χ1) is 18.5. The Kier molecular flexibility index (Phi) is 6.82. The highest BCUT2D eigenvalue weighted by Gasteiger charge is 2.61. The van der Waals surface area contributed by atoms with Crippen molar-refractivity contribution in [1.29, 1.82) is 0 Å². The van der Waals surface area contributed by atoms with Gasteiger partial charge in [0.15, 0.2) is 5.78 Å². The molecule has 6 rings (SSSR count). The first-order valence-corrected chi connectivity index (χ1v) is 15.4. The molecule has 5 aliphatic rings. The van der Waals surface area contributed by atoms with Crippen LogP contribution < -0.4 is 0 Å². The second-order valence-corrected chi connectivity index (χ2v) is 14.2. The molecule has 1 saturated heterocycles. The van der Waals surface area contributed by atoms with Gasteiger partial charge in [-0.15, -0.1) is 0 Å². The summed E-state index contributed by atoms with van der Waals surface area (Å²) in [5.74, 6) is 2.97. The van der Waals surface area contributed by atoms with E-state index in [4.69, 9.17) is 0 Å². The summed E-state index contributed by atoms with van der Waals surface area (Å²) in [4.78, 5) is 41.8. The van der Waals surface area contributed by atoms with E-state index < -0.39 is 5.60 Å². The number of piperazine rings is 1. The highest BCUT2D eigenvalue weighted by molar-refractivity contribution is 5.99. The molecule has 0 spiro atoms. The van der Waals surface area contributed by atoms with E-state index in [0.29, 0.717) is 60.2 Å². The van der Waals surface area contributed by atoms with Gasteiger partial charge in [-0.3, -0.25) is 19.3 Å². The number of carbonyl (C=O) groups excluding carboxylic acids is 3. The van der Waals surface area contributed by atoms with Crippen molar-refractivity contribution in [2.24, 2.45) is 34.5 Å². The molecule has 1 N–H and O–H groups in total. The molecule has 1 amide bonds. The third kappa shape index (κ3) is 4.60. The molecule has 1 heterocycles. The first-order valence-electron chi connectivity index (χ1n) is 15.4. The number of ketones is 2. The SMILES string of the molecule is CC(=O)c1cccc(C(=O)N2CCN(C[C@@]3(O)CC[C@@]4(C)[C@@H](CC[C@@H]5[C@@H]4CC[C@]4(C)C(=O)CC[C@@H]54)C3)CC2)c1. The number of amides is 1. The van der Waals surface area contributed by atoms with Crippen LogP contribution in [0.5, 0.6) is 0 Å². The molecule has 1 aliphatic heterocycles. The molecular weight excluding hydrogens is 488 g/mol. The lowest BCUT2D eigenvalue weighted by Gasteiger charge is -2.61. The summed E-state index contributed by atoms with van der Waals surface area (Å²) in [6, 6.07) is 7.01. The summed E-state index contributed by atoms with van der Waals surface area (Å²) in [6.45, 7) is 9.79. The fourth-order valence-corrected chi connectivity index (χ4v) is 9.82. The summed E-state index contributed by atoms with van der Waals surface area (Å²) >= 11 is 0. The largest absolute Gasteiger partial charge is 0.389 e. The Morgan fingerprint density at radius 1 is 0.949 bits per heavy atom. The van der Waals surface area contributed by atoms with Crippen LogP contribution in [0.15, 0.2) is 24.3 Å². The van der Waals surface area contributed by atoms with Crippen LogP contribution in [-0.4, -0.2) is 70.7 Å². The van der Waals surface area contributed by atoms with Crippen molar-refractivity contribution in [1.82, 2.24) is 9.80 Å². The summed E-state index contributed by atoms with van der Waals surface area (Å²) < 4.78 is 0. The van der Waals surface area contributed by atoms with E-state index in [-0.39, 0.29) is 22.5 Å². The molecule has 4 saturated carbocycles. The lowest BCUT2D eigenvalue weighted by molar-refractivity contribution is -0.157. The van der Waals surface area contributed by atoms with E-state index in [2.05, 4.69) is 18.7 Å². The fraction of sp³-hybridized carbons (Fsp3) is 0.727. The van der Waals surface area contributed by atoms with Gasteiger partial charge in [-0.25, -0.2) is 0 Å². The van der Waals surface area contributed by atoms with Crippen LogP contribution in [0.3, 0.4) is 0 Å². The molecule has 0 aromatic heterocycles. The third-order valence-corrected chi connectivity index (χ3v) is 12.2. The van der Waals surface area contributed by atoms with E-state index in [1.54, 1.807) is 24.3 Å². The van der Waals surface area contributed by atoms with Crippen molar-refractivity contribution in [3.63, 3.8) is 0 Å². The van der Waals surface area contributed by atoms with Crippen LogP contribution in [0, 0.1) is 34.5 Å². The summed E-state index contributed by atoms with van der Waals surface area (Å²) in [6.07, 6.45) is 9.34. The molecule has 212 valence electrons. The van der Waals surface area contributed by atoms with Gasteiger partial charge in [0.1, 0.15) is 5.78 Å². The Bertz CT molecular complexity index is 1160. The van der Waals surface area contributed by atoms with Gasteiger partial charge in [-0.05, 0) is 99.5 Å². The molecule has 4 aliphatic carbocycles. The van der Waals surface area contributed by atoms with Crippen LogP contribution in [0.25, 0.3) is 0 Å². The van der Waals surface area contributed by atoms with Crippen LogP contribution in [0.2, 0.25) is 0 Å². The smallest absolute Gasteiger partial charge is 0.253 e. The zero-order valence-electron chi connectivity index (χ0n) is 24.1. The molecule has 1 aromatic carbocycles.